The summed E-state index contributed by atoms with van der Waals surface area (Å²) in [5, 5.41) is 2.47. The average Bonchev–Trinajstić information content (AvgIpc) is 3.07. The fraction of sp³-hybridized carbons (Fsp3) is 0.0952. The van der Waals surface area contributed by atoms with Gasteiger partial charge in [-0.05, 0) is 53.1 Å². The van der Waals surface area contributed by atoms with E-state index in [-0.39, 0.29) is 0 Å². The van der Waals surface area contributed by atoms with Crippen LogP contribution in [0.25, 0.3) is 22.9 Å². The standard InChI is InChI=1S/C21H19N3S/c1-24(21(22)23-16-9-11-17(25-2)12-10-16)19-13-8-15-7-6-14-4-3-5-18(19)20(14)15/h3-13H,1-2H3,(H2,22,23). The first-order chi connectivity index (χ1) is 12.2. The molecule has 2 N–H and O–H groups in total. The van der Waals surface area contributed by atoms with Gasteiger partial charge in [0.1, 0.15) is 0 Å². The smallest absolute Gasteiger partial charge is 0.200 e. The Hall–Kier alpha value is -2.72. The molecule has 1 aliphatic carbocycles. The molecule has 0 bridgehead atoms. The molecule has 1 aliphatic rings. The summed E-state index contributed by atoms with van der Waals surface area (Å²) in [5.41, 5.74) is 10.7. The van der Waals surface area contributed by atoms with Crippen molar-refractivity contribution in [2.24, 2.45) is 10.7 Å². The lowest BCUT2D eigenvalue weighted by molar-refractivity contribution is 1.23. The third kappa shape index (κ3) is 2.79. The molecule has 3 aromatic rings. The third-order valence-electron chi connectivity index (χ3n) is 4.55. The Kier molecular flexibility index (Phi) is 3.98. The van der Waals surface area contributed by atoms with E-state index in [0.29, 0.717) is 5.96 Å². The fourth-order valence-corrected chi connectivity index (χ4v) is 3.59. The van der Waals surface area contributed by atoms with E-state index in [1.807, 2.05) is 24.1 Å². The van der Waals surface area contributed by atoms with Crippen molar-refractivity contribution in [2.45, 2.75) is 4.90 Å². The second kappa shape index (κ2) is 6.30. The first kappa shape index (κ1) is 15.8. The summed E-state index contributed by atoms with van der Waals surface area (Å²) in [6.45, 7) is 0. The Morgan fingerprint density at radius 3 is 2.40 bits per heavy atom. The molecular formula is C21H19N3S. The SMILES string of the molecule is CSc1ccc(N=C(N)N(C)c2ccc3c4c(cccc24)C=C3)cc1. The zero-order valence-corrected chi connectivity index (χ0v) is 15.0. The van der Waals surface area contributed by atoms with Gasteiger partial charge in [-0.15, -0.1) is 11.8 Å². The number of nitrogens with zero attached hydrogens (tertiary/aromatic N) is 2. The molecule has 3 nitrogen and oxygen atoms in total. The Bertz CT molecular complexity index is 991. The van der Waals surface area contributed by atoms with Crippen LogP contribution in [-0.4, -0.2) is 19.3 Å². The largest absolute Gasteiger partial charge is 0.369 e. The molecule has 124 valence electrons. The summed E-state index contributed by atoms with van der Waals surface area (Å²) in [4.78, 5) is 7.74. The summed E-state index contributed by atoms with van der Waals surface area (Å²) in [7, 11) is 1.96. The van der Waals surface area contributed by atoms with Crippen molar-refractivity contribution >= 4 is 52.0 Å². The van der Waals surface area contributed by atoms with Gasteiger partial charge in [0.2, 0.25) is 5.96 Å². The van der Waals surface area contributed by atoms with Gasteiger partial charge in [-0.3, -0.25) is 0 Å². The van der Waals surface area contributed by atoms with Gasteiger partial charge in [-0.2, -0.15) is 0 Å². The summed E-state index contributed by atoms with van der Waals surface area (Å²) < 4.78 is 0. The molecular weight excluding hydrogens is 326 g/mol. The monoisotopic (exact) mass is 345 g/mol. The van der Waals surface area contributed by atoms with Gasteiger partial charge in [0.05, 0.1) is 11.4 Å². The number of rotatable bonds is 3. The van der Waals surface area contributed by atoms with Crippen LogP contribution in [0.2, 0.25) is 0 Å². The van der Waals surface area contributed by atoms with E-state index in [0.717, 1.165) is 11.4 Å². The molecule has 0 aromatic heterocycles. The van der Waals surface area contributed by atoms with Crippen LogP contribution in [0.15, 0.2) is 64.5 Å². The summed E-state index contributed by atoms with van der Waals surface area (Å²) in [5.74, 6) is 0.476. The van der Waals surface area contributed by atoms with Gasteiger partial charge < -0.3 is 10.6 Å². The minimum absolute atomic E-state index is 0.476. The van der Waals surface area contributed by atoms with Crippen LogP contribution in [0.3, 0.4) is 0 Å². The Balaban J connectivity index is 1.72. The minimum atomic E-state index is 0.476. The van der Waals surface area contributed by atoms with Crippen molar-refractivity contribution in [2.75, 3.05) is 18.2 Å². The highest BCUT2D eigenvalue weighted by molar-refractivity contribution is 7.98. The highest BCUT2D eigenvalue weighted by atomic mass is 32.2. The molecule has 25 heavy (non-hydrogen) atoms. The number of nitrogens with two attached hydrogens (primary N) is 1. The van der Waals surface area contributed by atoms with Gasteiger partial charge in [0, 0.05) is 17.3 Å². The van der Waals surface area contributed by atoms with Crippen LogP contribution in [0.4, 0.5) is 11.4 Å². The molecule has 4 heteroatoms. The summed E-state index contributed by atoms with van der Waals surface area (Å²) in [6.07, 6.45) is 6.38. The summed E-state index contributed by atoms with van der Waals surface area (Å²) in [6, 6.07) is 18.7. The van der Waals surface area contributed by atoms with Crippen LogP contribution >= 0.6 is 11.8 Å². The predicted octanol–water partition coefficient (Wildman–Crippen LogP) is 5.13. The number of thioether (sulfide) groups is 1. The number of anilines is 1. The zero-order valence-electron chi connectivity index (χ0n) is 14.2. The summed E-state index contributed by atoms with van der Waals surface area (Å²) >= 11 is 1.71. The molecule has 0 radical (unpaired) electrons. The van der Waals surface area contributed by atoms with Crippen molar-refractivity contribution in [1.82, 2.24) is 0 Å². The molecule has 0 atom stereocenters. The predicted molar refractivity (Wildman–Crippen MR) is 111 cm³/mol. The lowest BCUT2D eigenvalue weighted by Gasteiger charge is -2.21. The van der Waals surface area contributed by atoms with Crippen molar-refractivity contribution in [1.29, 1.82) is 0 Å². The van der Waals surface area contributed by atoms with Gasteiger partial charge in [0.15, 0.2) is 0 Å². The molecule has 4 rings (SSSR count). The van der Waals surface area contributed by atoms with Crippen LogP contribution < -0.4 is 10.6 Å². The Morgan fingerprint density at radius 1 is 0.960 bits per heavy atom. The highest BCUT2D eigenvalue weighted by Gasteiger charge is 2.15. The van der Waals surface area contributed by atoms with Crippen molar-refractivity contribution < 1.29 is 0 Å². The second-order valence-electron chi connectivity index (χ2n) is 6.00. The number of aliphatic imine (C=N–C) groups is 1. The molecule has 0 saturated carbocycles. The average molecular weight is 345 g/mol. The first-order valence-corrected chi connectivity index (χ1v) is 9.35. The fourth-order valence-electron chi connectivity index (χ4n) is 3.18. The molecule has 0 aliphatic heterocycles. The molecule has 0 spiro atoms. The van der Waals surface area contributed by atoms with Crippen LogP contribution in [0.5, 0.6) is 0 Å². The molecule has 0 fully saturated rings. The first-order valence-electron chi connectivity index (χ1n) is 8.13. The van der Waals surface area contributed by atoms with E-state index in [1.165, 1.54) is 26.8 Å². The molecule has 3 aromatic carbocycles. The van der Waals surface area contributed by atoms with E-state index >= 15 is 0 Å². The third-order valence-corrected chi connectivity index (χ3v) is 5.29. The molecule has 0 heterocycles. The van der Waals surface area contributed by atoms with Gasteiger partial charge >= 0.3 is 0 Å². The van der Waals surface area contributed by atoms with E-state index in [1.54, 1.807) is 11.8 Å². The van der Waals surface area contributed by atoms with E-state index in [9.17, 15) is 0 Å². The van der Waals surface area contributed by atoms with Crippen molar-refractivity contribution in [3.8, 4) is 0 Å². The van der Waals surface area contributed by atoms with E-state index in [4.69, 9.17) is 5.73 Å². The van der Waals surface area contributed by atoms with Crippen LogP contribution in [-0.2, 0) is 0 Å². The number of benzene rings is 3. The minimum Gasteiger partial charge on any atom is -0.369 e. The maximum atomic E-state index is 6.29. The lowest BCUT2D eigenvalue weighted by atomic mass is 10.0. The van der Waals surface area contributed by atoms with E-state index < -0.39 is 0 Å². The van der Waals surface area contributed by atoms with Crippen molar-refractivity contribution in [3.05, 3.63) is 65.7 Å². The molecule has 0 saturated heterocycles. The lowest BCUT2D eigenvalue weighted by Crippen LogP contribution is -2.33. The van der Waals surface area contributed by atoms with Gasteiger partial charge in [0.25, 0.3) is 0 Å². The van der Waals surface area contributed by atoms with Gasteiger partial charge in [-0.1, -0.05) is 36.4 Å². The van der Waals surface area contributed by atoms with Crippen molar-refractivity contribution in [3.63, 3.8) is 0 Å². The van der Waals surface area contributed by atoms with Crippen LogP contribution in [0.1, 0.15) is 11.1 Å². The maximum Gasteiger partial charge on any atom is 0.200 e. The van der Waals surface area contributed by atoms with Crippen LogP contribution in [0, 0.1) is 0 Å². The van der Waals surface area contributed by atoms with Gasteiger partial charge in [-0.25, -0.2) is 4.99 Å². The Labute approximate surface area is 151 Å². The van der Waals surface area contributed by atoms with E-state index in [2.05, 4.69) is 65.9 Å². The highest BCUT2D eigenvalue weighted by Crippen LogP contribution is 2.36. The molecule has 0 amide bonds. The quantitative estimate of drug-likeness (QED) is 0.318. The Morgan fingerprint density at radius 2 is 1.68 bits per heavy atom. The number of hydrogen-bond acceptors (Lipinski definition) is 2. The topological polar surface area (TPSA) is 41.6 Å². The normalized spacial score (nSPS) is 12.8. The molecule has 0 unspecified atom stereocenters. The number of guanidine groups is 1. The maximum absolute atomic E-state index is 6.29. The zero-order chi connectivity index (χ0) is 17.4. The number of hydrogen-bond donors (Lipinski definition) is 1. The second-order valence-corrected chi connectivity index (χ2v) is 6.88.